The topological polar surface area (TPSA) is 46.5 Å². The molecule has 0 rings (SSSR count). The first-order valence-electron chi connectivity index (χ1n) is 6.39. The summed E-state index contributed by atoms with van der Waals surface area (Å²) in [4.78, 5) is 11.4. The minimum Gasteiger partial charge on any atom is -0.393 e. The molecule has 0 aromatic heterocycles. The Morgan fingerprint density at radius 3 is 2.56 bits per heavy atom. The third kappa shape index (κ3) is 10.1. The van der Waals surface area contributed by atoms with Crippen molar-refractivity contribution < 1.29 is 14.6 Å². The van der Waals surface area contributed by atoms with Crippen molar-refractivity contribution in [3.8, 4) is 0 Å². The summed E-state index contributed by atoms with van der Waals surface area (Å²) in [5, 5.41) is 9.59. The predicted octanol–water partition coefficient (Wildman–Crippen LogP) is 2.70. The van der Waals surface area contributed by atoms with Gasteiger partial charge in [-0.1, -0.05) is 19.8 Å². The van der Waals surface area contributed by atoms with E-state index in [1.54, 1.807) is 7.11 Å². The zero-order valence-corrected chi connectivity index (χ0v) is 10.7. The molecule has 0 spiro atoms. The van der Waals surface area contributed by atoms with Gasteiger partial charge in [0.1, 0.15) is 5.78 Å². The fraction of sp³-hybridized carbons (Fsp3) is 0.923. The lowest BCUT2D eigenvalue weighted by molar-refractivity contribution is -0.119. The molecule has 0 saturated carbocycles. The van der Waals surface area contributed by atoms with Gasteiger partial charge in [-0.2, -0.15) is 0 Å². The van der Waals surface area contributed by atoms with Gasteiger partial charge in [-0.3, -0.25) is 4.79 Å². The van der Waals surface area contributed by atoms with Crippen molar-refractivity contribution in [1.82, 2.24) is 0 Å². The summed E-state index contributed by atoms with van der Waals surface area (Å²) in [6.45, 7) is 2.81. The van der Waals surface area contributed by atoms with Crippen LogP contribution in [0.1, 0.15) is 58.3 Å². The molecule has 0 heterocycles. The number of aliphatic hydroxyl groups is 1. The summed E-state index contributed by atoms with van der Waals surface area (Å²) >= 11 is 0. The normalized spacial score (nSPS) is 12.7. The zero-order valence-electron chi connectivity index (χ0n) is 10.7. The molecule has 3 nitrogen and oxygen atoms in total. The van der Waals surface area contributed by atoms with Crippen LogP contribution < -0.4 is 0 Å². The number of ether oxygens (including phenoxy) is 1. The molecule has 96 valence electrons. The Bertz CT molecular complexity index is 169. The van der Waals surface area contributed by atoms with Gasteiger partial charge in [-0.05, 0) is 25.7 Å². The van der Waals surface area contributed by atoms with E-state index in [1.165, 1.54) is 0 Å². The summed E-state index contributed by atoms with van der Waals surface area (Å²) in [5.41, 5.74) is 0. The van der Waals surface area contributed by atoms with E-state index < -0.39 is 0 Å². The molecule has 1 unspecified atom stereocenters. The van der Waals surface area contributed by atoms with Crippen LogP contribution in [-0.2, 0) is 9.53 Å². The highest BCUT2D eigenvalue weighted by molar-refractivity contribution is 5.78. The Morgan fingerprint density at radius 1 is 1.19 bits per heavy atom. The van der Waals surface area contributed by atoms with Crippen LogP contribution in [-0.4, -0.2) is 30.7 Å². The second-order valence-corrected chi connectivity index (χ2v) is 4.32. The summed E-state index contributed by atoms with van der Waals surface area (Å²) in [7, 11) is 1.66. The van der Waals surface area contributed by atoms with Crippen LogP contribution in [0.25, 0.3) is 0 Å². The predicted molar refractivity (Wildman–Crippen MR) is 65.5 cm³/mol. The van der Waals surface area contributed by atoms with Gasteiger partial charge in [0.05, 0.1) is 6.10 Å². The lowest BCUT2D eigenvalue weighted by Crippen LogP contribution is -2.10. The average Bonchev–Trinajstić information content (AvgIpc) is 2.27. The number of ketones is 1. The zero-order chi connectivity index (χ0) is 12.2. The largest absolute Gasteiger partial charge is 0.393 e. The minimum absolute atomic E-state index is 0.291. The van der Waals surface area contributed by atoms with Crippen LogP contribution >= 0.6 is 0 Å². The number of carbonyl (C=O) groups is 1. The number of aliphatic hydroxyl groups excluding tert-OH is 1. The van der Waals surface area contributed by atoms with Gasteiger partial charge >= 0.3 is 0 Å². The summed E-state index contributed by atoms with van der Waals surface area (Å²) < 4.78 is 4.91. The molecule has 0 radical (unpaired) electrons. The highest BCUT2D eigenvalue weighted by Crippen LogP contribution is 2.08. The fourth-order valence-corrected chi connectivity index (χ4v) is 1.63. The highest BCUT2D eigenvalue weighted by atomic mass is 16.5. The smallest absolute Gasteiger partial charge is 0.133 e. The number of rotatable bonds is 11. The molecule has 0 saturated heterocycles. The van der Waals surface area contributed by atoms with E-state index in [9.17, 15) is 9.90 Å². The number of unbranched alkanes of at least 4 members (excludes halogenated alkanes) is 2. The van der Waals surface area contributed by atoms with Gasteiger partial charge < -0.3 is 9.84 Å². The summed E-state index contributed by atoms with van der Waals surface area (Å²) in [6.07, 6.45) is 6.33. The molecular weight excluding hydrogens is 204 g/mol. The van der Waals surface area contributed by atoms with Crippen molar-refractivity contribution in [2.75, 3.05) is 13.7 Å². The monoisotopic (exact) mass is 230 g/mol. The SMILES string of the molecule is CCCCCC(=O)CCC(O)CCCOC. The van der Waals surface area contributed by atoms with Gasteiger partial charge in [0.15, 0.2) is 0 Å². The van der Waals surface area contributed by atoms with E-state index in [0.29, 0.717) is 31.7 Å². The van der Waals surface area contributed by atoms with Crippen molar-refractivity contribution in [3.05, 3.63) is 0 Å². The van der Waals surface area contributed by atoms with Crippen molar-refractivity contribution in [2.24, 2.45) is 0 Å². The lowest BCUT2D eigenvalue weighted by atomic mass is 10.0. The Kier molecular flexibility index (Phi) is 10.8. The van der Waals surface area contributed by atoms with Crippen molar-refractivity contribution in [3.63, 3.8) is 0 Å². The lowest BCUT2D eigenvalue weighted by Gasteiger charge is -2.09. The van der Waals surface area contributed by atoms with Gasteiger partial charge in [-0.15, -0.1) is 0 Å². The van der Waals surface area contributed by atoms with Crippen LogP contribution in [0.15, 0.2) is 0 Å². The standard InChI is InChI=1S/C13H26O3/c1-3-4-5-7-12(14)9-10-13(15)8-6-11-16-2/h13,15H,3-11H2,1-2H3. The Balaban J connectivity index is 3.36. The van der Waals surface area contributed by atoms with E-state index in [0.717, 1.165) is 32.1 Å². The Hall–Kier alpha value is -0.410. The maximum absolute atomic E-state index is 11.4. The van der Waals surface area contributed by atoms with Gasteiger partial charge in [0, 0.05) is 26.6 Å². The van der Waals surface area contributed by atoms with Gasteiger partial charge in [-0.25, -0.2) is 0 Å². The molecule has 0 aliphatic carbocycles. The third-order valence-corrected chi connectivity index (χ3v) is 2.70. The molecule has 3 heteroatoms. The second-order valence-electron chi connectivity index (χ2n) is 4.32. The molecule has 0 aliphatic rings. The maximum Gasteiger partial charge on any atom is 0.133 e. The van der Waals surface area contributed by atoms with Crippen molar-refractivity contribution >= 4 is 5.78 Å². The Morgan fingerprint density at radius 2 is 1.94 bits per heavy atom. The quantitative estimate of drug-likeness (QED) is 0.555. The van der Waals surface area contributed by atoms with E-state index in [4.69, 9.17) is 4.74 Å². The molecule has 0 aromatic rings. The van der Waals surface area contributed by atoms with E-state index >= 15 is 0 Å². The minimum atomic E-state index is -0.342. The number of hydrogen-bond donors (Lipinski definition) is 1. The van der Waals surface area contributed by atoms with Crippen LogP contribution in [0, 0.1) is 0 Å². The molecule has 0 bridgehead atoms. The second kappa shape index (κ2) is 11.1. The average molecular weight is 230 g/mol. The molecule has 0 aliphatic heterocycles. The number of carbonyl (C=O) groups excluding carboxylic acids is 1. The number of methoxy groups -OCH3 is 1. The highest BCUT2D eigenvalue weighted by Gasteiger charge is 2.07. The van der Waals surface area contributed by atoms with E-state index in [2.05, 4.69) is 6.92 Å². The third-order valence-electron chi connectivity index (χ3n) is 2.70. The molecule has 1 atom stereocenters. The van der Waals surface area contributed by atoms with E-state index in [1.807, 2.05) is 0 Å². The van der Waals surface area contributed by atoms with Crippen LogP contribution in [0.2, 0.25) is 0 Å². The van der Waals surface area contributed by atoms with E-state index in [-0.39, 0.29) is 6.10 Å². The van der Waals surface area contributed by atoms with Gasteiger partial charge in [0.25, 0.3) is 0 Å². The molecule has 0 aromatic carbocycles. The van der Waals surface area contributed by atoms with Gasteiger partial charge in [0.2, 0.25) is 0 Å². The molecule has 0 fully saturated rings. The van der Waals surface area contributed by atoms with Crippen molar-refractivity contribution in [1.29, 1.82) is 0 Å². The summed E-state index contributed by atoms with van der Waals surface area (Å²) in [5.74, 6) is 0.291. The first-order chi connectivity index (χ1) is 7.70. The number of hydrogen-bond acceptors (Lipinski definition) is 3. The maximum atomic E-state index is 11.4. The van der Waals surface area contributed by atoms with Crippen molar-refractivity contribution in [2.45, 2.75) is 64.4 Å². The fourth-order valence-electron chi connectivity index (χ4n) is 1.63. The molecule has 16 heavy (non-hydrogen) atoms. The van der Waals surface area contributed by atoms with Crippen LogP contribution in [0.3, 0.4) is 0 Å². The molecule has 1 N–H and O–H groups in total. The molecule has 0 amide bonds. The first-order valence-corrected chi connectivity index (χ1v) is 6.39. The van der Waals surface area contributed by atoms with Crippen LogP contribution in [0.4, 0.5) is 0 Å². The van der Waals surface area contributed by atoms with Crippen LogP contribution in [0.5, 0.6) is 0 Å². The first kappa shape index (κ1) is 15.6. The summed E-state index contributed by atoms with van der Waals surface area (Å²) in [6, 6.07) is 0. The molecular formula is C13H26O3. The Labute approximate surface area is 99.2 Å². The number of Topliss-reactive ketones (excluding diaryl/α,β-unsaturated/α-hetero) is 1.